The molecule has 5 nitrogen and oxygen atoms in total. The number of nitrogens with zero attached hydrogens (tertiary/aromatic N) is 2. The van der Waals surface area contributed by atoms with Crippen molar-refractivity contribution in [1.82, 2.24) is 9.80 Å². The predicted octanol–water partition coefficient (Wildman–Crippen LogP) is 5.06. The van der Waals surface area contributed by atoms with Gasteiger partial charge in [-0.15, -0.1) is 0 Å². The molecule has 2 amide bonds. The van der Waals surface area contributed by atoms with Crippen LogP contribution in [0.25, 0.3) is 11.1 Å². The molecule has 156 valence electrons. The number of carbonyl (C=O) groups excluding carboxylic acids is 1. The summed E-state index contributed by atoms with van der Waals surface area (Å²) < 4.78 is 0. The normalized spacial score (nSPS) is 13.3. The molecule has 1 fully saturated rings. The molecule has 1 aliphatic rings. The number of aryl methyl sites for hydroxylation is 2. The Labute approximate surface area is 173 Å². The SMILES string of the molecule is CCCCCc1cc(O)c(-c2cccc(C)c2)c(O)c1CN(C)C(=O)N1CCC1. The molecule has 29 heavy (non-hydrogen) atoms. The van der Waals surface area contributed by atoms with E-state index < -0.39 is 0 Å². The van der Waals surface area contributed by atoms with Crippen molar-refractivity contribution in [3.05, 3.63) is 47.0 Å². The van der Waals surface area contributed by atoms with Crippen LogP contribution in [0.4, 0.5) is 4.79 Å². The first-order valence-electron chi connectivity index (χ1n) is 10.6. The molecular formula is C24H32N2O3. The van der Waals surface area contributed by atoms with Crippen LogP contribution in [-0.2, 0) is 13.0 Å². The average Bonchev–Trinajstić information content (AvgIpc) is 2.63. The third-order valence-electron chi connectivity index (χ3n) is 5.68. The third kappa shape index (κ3) is 4.66. The molecule has 0 spiro atoms. The summed E-state index contributed by atoms with van der Waals surface area (Å²) in [5.41, 5.74) is 3.91. The topological polar surface area (TPSA) is 64.0 Å². The number of rotatable bonds is 7. The first-order chi connectivity index (χ1) is 13.9. The van der Waals surface area contributed by atoms with Gasteiger partial charge in [-0.05, 0) is 43.4 Å². The molecule has 0 bridgehead atoms. The molecule has 5 heteroatoms. The molecule has 0 radical (unpaired) electrons. The molecule has 2 N–H and O–H groups in total. The number of likely N-dealkylation sites (tertiary alicyclic amines) is 1. The van der Waals surface area contributed by atoms with Crippen molar-refractivity contribution in [3.63, 3.8) is 0 Å². The Balaban J connectivity index is 1.99. The summed E-state index contributed by atoms with van der Waals surface area (Å²) in [5, 5.41) is 21.9. The van der Waals surface area contributed by atoms with Crippen LogP contribution < -0.4 is 0 Å². The van der Waals surface area contributed by atoms with Crippen LogP contribution in [0.15, 0.2) is 30.3 Å². The number of carbonyl (C=O) groups is 1. The highest BCUT2D eigenvalue weighted by Crippen LogP contribution is 2.42. The van der Waals surface area contributed by atoms with Crippen LogP contribution in [-0.4, -0.2) is 46.2 Å². The van der Waals surface area contributed by atoms with E-state index in [0.29, 0.717) is 12.1 Å². The van der Waals surface area contributed by atoms with Crippen molar-refractivity contribution in [2.75, 3.05) is 20.1 Å². The molecule has 2 aromatic rings. The second-order valence-corrected chi connectivity index (χ2v) is 8.06. The zero-order valence-electron chi connectivity index (χ0n) is 17.7. The maximum Gasteiger partial charge on any atom is 0.320 e. The smallest absolute Gasteiger partial charge is 0.320 e. The van der Waals surface area contributed by atoms with Gasteiger partial charge in [0.1, 0.15) is 11.5 Å². The number of hydrogen-bond acceptors (Lipinski definition) is 3. The maximum absolute atomic E-state index is 12.6. The summed E-state index contributed by atoms with van der Waals surface area (Å²) >= 11 is 0. The lowest BCUT2D eigenvalue weighted by molar-refractivity contribution is 0.133. The summed E-state index contributed by atoms with van der Waals surface area (Å²) in [5.74, 6) is 0.158. The summed E-state index contributed by atoms with van der Waals surface area (Å²) in [7, 11) is 1.77. The number of amides is 2. The monoisotopic (exact) mass is 396 g/mol. The number of phenolic OH excluding ortho intramolecular Hbond substituents is 2. The molecule has 0 saturated carbocycles. The van der Waals surface area contributed by atoms with Gasteiger partial charge in [-0.3, -0.25) is 0 Å². The van der Waals surface area contributed by atoms with Gasteiger partial charge in [-0.25, -0.2) is 4.79 Å². The Morgan fingerprint density at radius 1 is 1.17 bits per heavy atom. The van der Waals surface area contributed by atoms with Crippen molar-refractivity contribution in [2.24, 2.45) is 0 Å². The highest BCUT2D eigenvalue weighted by atomic mass is 16.3. The third-order valence-corrected chi connectivity index (χ3v) is 5.68. The minimum absolute atomic E-state index is 0.0136. The Bertz CT molecular complexity index is 875. The van der Waals surface area contributed by atoms with Crippen molar-refractivity contribution < 1.29 is 15.0 Å². The van der Waals surface area contributed by atoms with Crippen molar-refractivity contribution in [1.29, 1.82) is 0 Å². The van der Waals surface area contributed by atoms with Crippen molar-refractivity contribution >= 4 is 6.03 Å². The van der Waals surface area contributed by atoms with E-state index in [1.807, 2.05) is 36.1 Å². The Morgan fingerprint density at radius 3 is 2.55 bits per heavy atom. The fourth-order valence-corrected chi connectivity index (χ4v) is 3.85. The molecule has 0 atom stereocenters. The standard InChI is InChI=1S/C24H32N2O3/c1-4-5-6-10-18-15-21(27)22(19-11-7-9-17(2)14-19)23(28)20(18)16-25(3)24(29)26-12-8-13-26/h7,9,11,14-15,27-28H,4-6,8,10,12-13,16H2,1-3H3. The highest BCUT2D eigenvalue weighted by molar-refractivity contribution is 5.80. The molecule has 2 aromatic carbocycles. The van der Waals surface area contributed by atoms with E-state index in [2.05, 4.69) is 6.92 Å². The molecule has 1 heterocycles. The molecule has 1 aliphatic heterocycles. The van der Waals surface area contributed by atoms with Gasteiger partial charge in [-0.1, -0.05) is 49.6 Å². The first kappa shape index (κ1) is 21.0. The first-order valence-corrected chi connectivity index (χ1v) is 10.6. The van der Waals surface area contributed by atoms with E-state index >= 15 is 0 Å². The van der Waals surface area contributed by atoms with Crippen molar-refractivity contribution in [3.8, 4) is 22.6 Å². The van der Waals surface area contributed by atoms with Gasteiger partial charge in [0.25, 0.3) is 0 Å². The number of hydrogen-bond donors (Lipinski definition) is 2. The average molecular weight is 397 g/mol. The number of aromatic hydroxyl groups is 2. The summed E-state index contributed by atoms with van der Waals surface area (Å²) in [6.45, 7) is 6.04. The van der Waals surface area contributed by atoms with Gasteiger partial charge in [0.05, 0.1) is 12.1 Å². The zero-order chi connectivity index (χ0) is 21.0. The van der Waals surface area contributed by atoms with Crippen LogP contribution in [0.2, 0.25) is 0 Å². The fourth-order valence-electron chi connectivity index (χ4n) is 3.85. The minimum Gasteiger partial charge on any atom is -0.507 e. The van der Waals surface area contributed by atoms with E-state index in [0.717, 1.165) is 67.4 Å². The van der Waals surface area contributed by atoms with Gasteiger partial charge in [0, 0.05) is 25.7 Å². The molecular weight excluding hydrogens is 364 g/mol. The van der Waals surface area contributed by atoms with Gasteiger partial charge >= 0.3 is 6.03 Å². The lowest BCUT2D eigenvalue weighted by Gasteiger charge is -2.35. The van der Waals surface area contributed by atoms with Crippen LogP contribution in [0, 0.1) is 6.92 Å². The van der Waals surface area contributed by atoms with E-state index in [-0.39, 0.29) is 17.5 Å². The lowest BCUT2D eigenvalue weighted by atomic mass is 9.92. The number of phenols is 2. The Morgan fingerprint density at radius 2 is 1.93 bits per heavy atom. The van der Waals surface area contributed by atoms with Crippen LogP contribution >= 0.6 is 0 Å². The highest BCUT2D eigenvalue weighted by Gasteiger charge is 2.26. The molecule has 0 aliphatic carbocycles. The Kier molecular flexibility index (Phi) is 6.68. The zero-order valence-corrected chi connectivity index (χ0v) is 17.7. The second kappa shape index (κ2) is 9.21. The van der Waals surface area contributed by atoms with E-state index in [9.17, 15) is 15.0 Å². The maximum atomic E-state index is 12.6. The largest absolute Gasteiger partial charge is 0.507 e. The van der Waals surface area contributed by atoms with Crippen LogP contribution in [0.5, 0.6) is 11.5 Å². The molecule has 3 rings (SSSR count). The summed E-state index contributed by atoms with van der Waals surface area (Å²) in [6, 6.07) is 9.49. The van der Waals surface area contributed by atoms with Gasteiger partial charge < -0.3 is 20.0 Å². The lowest BCUT2D eigenvalue weighted by Crippen LogP contribution is -2.48. The van der Waals surface area contributed by atoms with Crippen LogP contribution in [0.3, 0.4) is 0 Å². The molecule has 0 unspecified atom stereocenters. The van der Waals surface area contributed by atoms with Gasteiger partial charge in [0.2, 0.25) is 0 Å². The number of unbranched alkanes of at least 4 members (excludes halogenated alkanes) is 2. The van der Waals surface area contributed by atoms with E-state index in [1.165, 1.54) is 0 Å². The van der Waals surface area contributed by atoms with E-state index in [1.54, 1.807) is 18.0 Å². The minimum atomic E-state index is -0.0136. The second-order valence-electron chi connectivity index (χ2n) is 8.06. The number of benzene rings is 2. The van der Waals surface area contributed by atoms with Gasteiger partial charge in [-0.2, -0.15) is 0 Å². The fraction of sp³-hybridized carbons (Fsp3) is 0.458. The Hall–Kier alpha value is -2.69. The molecule has 0 aromatic heterocycles. The summed E-state index contributed by atoms with van der Waals surface area (Å²) in [4.78, 5) is 16.1. The van der Waals surface area contributed by atoms with Crippen molar-refractivity contribution in [2.45, 2.75) is 52.5 Å². The molecule has 1 saturated heterocycles. The predicted molar refractivity (Wildman–Crippen MR) is 116 cm³/mol. The van der Waals surface area contributed by atoms with Crippen LogP contribution in [0.1, 0.15) is 49.3 Å². The summed E-state index contributed by atoms with van der Waals surface area (Å²) in [6.07, 6.45) is 4.98. The quantitative estimate of drug-likeness (QED) is 0.643. The number of urea groups is 1. The van der Waals surface area contributed by atoms with Gasteiger partial charge in [0.15, 0.2) is 0 Å². The van der Waals surface area contributed by atoms with E-state index in [4.69, 9.17) is 0 Å².